The van der Waals surface area contributed by atoms with Crippen molar-refractivity contribution in [2.75, 3.05) is 33.1 Å². The van der Waals surface area contributed by atoms with Crippen molar-refractivity contribution in [3.63, 3.8) is 0 Å². The molecule has 0 aliphatic rings. The van der Waals surface area contributed by atoms with E-state index in [2.05, 4.69) is 15.3 Å². The first-order chi connectivity index (χ1) is 14.1. The predicted molar refractivity (Wildman–Crippen MR) is 112 cm³/mol. The monoisotopic (exact) mass is 392 g/mol. The van der Waals surface area contributed by atoms with Gasteiger partial charge >= 0.3 is 0 Å². The fourth-order valence-electron chi connectivity index (χ4n) is 2.88. The van der Waals surface area contributed by atoms with Crippen LogP contribution in [0, 0.1) is 0 Å². The Morgan fingerprint density at radius 1 is 1.00 bits per heavy atom. The number of nitrogens with zero attached hydrogens (tertiary/aromatic N) is 3. The Kier molecular flexibility index (Phi) is 6.63. The van der Waals surface area contributed by atoms with E-state index in [1.807, 2.05) is 30.3 Å². The third-order valence-corrected chi connectivity index (χ3v) is 4.46. The van der Waals surface area contributed by atoms with Crippen molar-refractivity contribution in [2.45, 2.75) is 6.42 Å². The molecule has 0 aliphatic heterocycles. The Morgan fingerprint density at radius 3 is 2.48 bits per heavy atom. The van der Waals surface area contributed by atoms with Crippen LogP contribution < -0.4 is 14.8 Å². The van der Waals surface area contributed by atoms with Crippen LogP contribution in [0.4, 0.5) is 11.6 Å². The van der Waals surface area contributed by atoms with E-state index < -0.39 is 0 Å². The average molecular weight is 392 g/mol. The molecule has 0 unspecified atom stereocenters. The number of methoxy groups -OCH3 is 2. The van der Waals surface area contributed by atoms with E-state index in [1.165, 1.54) is 0 Å². The van der Waals surface area contributed by atoms with Crippen molar-refractivity contribution in [1.82, 2.24) is 14.9 Å². The number of carbonyl (C=O) groups is 1. The van der Waals surface area contributed by atoms with Gasteiger partial charge in [-0.3, -0.25) is 4.79 Å². The van der Waals surface area contributed by atoms with Crippen LogP contribution in [0.3, 0.4) is 0 Å². The molecule has 150 valence electrons. The normalized spacial score (nSPS) is 10.3. The standard InChI is InChI=1S/C22H24N4O3/c1-26(13-10-16-8-9-19(28-2)20(14-16)29-3)21(27)17-6-4-7-18(15-17)25-22-23-11-5-12-24-22/h4-9,11-12,14-15H,10,13H2,1-3H3,(H,23,24,25). The SMILES string of the molecule is COc1ccc(CCN(C)C(=O)c2cccc(Nc3ncccn3)c2)cc1OC. The molecule has 7 nitrogen and oxygen atoms in total. The number of hydrogen-bond donors (Lipinski definition) is 1. The Balaban J connectivity index is 1.63. The van der Waals surface area contributed by atoms with E-state index in [0.29, 0.717) is 36.0 Å². The summed E-state index contributed by atoms with van der Waals surface area (Å²) in [6.45, 7) is 0.577. The van der Waals surface area contributed by atoms with E-state index in [0.717, 1.165) is 11.3 Å². The van der Waals surface area contributed by atoms with Crippen LogP contribution in [-0.2, 0) is 6.42 Å². The highest BCUT2D eigenvalue weighted by Crippen LogP contribution is 2.27. The number of aromatic nitrogens is 2. The lowest BCUT2D eigenvalue weighted by Gasteiger charge is -2.18. The molecule has 0 saturated carbocycles. The summed E-state index contributed by atoms with van der Waals surface area (Å²) in [5.41, 5.74) is 2.43. The first-order valence-corrected chi connectivity index (χ1v) is 9.21. The van der Waals surface area contributed by atoms with Crippen molar-refractivity contribution in [3.05, 3.63) is 72.1 Å². The minimum Gasteiger partial charge on any atom is -0.493 e. The number of anilines is 2. The van der Waals surface area contributed by atoms with Crippen LogP contribution in [0.1, 0.15) is 15.9 Å². The second-order valence-electron chi connectivity index (χ2n) is 6.44. The Bertz CT molecular complexity index is 963. The maximum atomic E-state index is 12.8. The zero-order chi connectivity index (χ0) is 20.6. The quantitative estimate of drug-likeness (QED) is 0.632. The molecular weight excluding hydrogens is 368 g/mol. The second kappa shape index (κ2) is 9.54. The van der Waals surface area contributed by atoms with Crippen molar-refractivity contribution < 1.29 is 14.3 Å². The zero-order valence-electron chi connectivity index (χ0n) is 16.8. The zero-order valence-corrected chi connectivity index (χ0v) is 16.8. The largest absolute Gasteiger partial charge is 0.493 e. The third kappa shape index (κ3) is 5.22. The summed E-state index contributed by atoms with van der Waals surface area (Å²) in [5, 5.41) is 3.10. The predicted octanol–water partition coefficient (Wildman–Crippen LogP) is 3.55. The number of amides is 1. The number of likely N-dealkylation sites (N-methyl/N-ethyl adjacent to an activating group) is 1. The van der Waals surface area contributed by atoms with Crippen LogP contribution in [0.25, 0.3) is 0 Å². The van der Waals surface area contributed by atoms with Gasteiger partial charge in [0.15, 0.2) is 11.5 Å². The molecule has 0 radical (unpaired) electrons. The fourth-order valence-corrected chi connectivity index (χ4v) is 2.88. The molecule has 0 fully saturated rings. The van der Waals surface area contributed by atoms with Crippen molar-refractivity contribution >= 4 is 17.5 Å². The van der Waals surface area contributed by atoms with Crippen molar-refractivity contribution in [2.24, 2.45) is 0 Å². The first kappa shape index (κ1) is 20.1. The molecule has 0 bridgehead atoms. The molecule has 1 aromatic heterocycles. The molecule has 29 heavy (non-hydrogen) atoms. The van der Waals surface area contributed by atoms with Gasteiger partial charge in [0.1, 0.15) is 0 Å². The maximum Gasteiger partial charge on any atom is 0.253 e. The minimum atomic E-state index is -0.0527. The van der Waals surface area contributed by atoms with Crippen LogP contribution in [0.15, 0.2) is 60.9 Å². The van der Waals surface area contributed by atoms with Gasteiger partial charge in [-0.1, -0.05) is 12.1 Å². The molecule has 3 rings (SSSR count). The van der Waals surface area contributed by atoms with Gasteiger partial charge in [0.25, 0.3) is 5.91 Å². The van der Waals surface area contributed by atoms with E-state index in [4.69, 9.17) is 9.47 Å². The number of hydrogen-bond acceptors (Lipinski definition) is 6. The smallest absolute Gasteiger partial charge is 0.253 e. The number of carbonyl (C=O) groups excluding carboxylic acids is 1. The molecule has 1 amide bonds. The molecule has 0 spiro atoms. The lowest BCUT2D eigenvalue weighted by Crippen LogP contribution is -2.28. The molecular formula is C22H24N4O3. The molecule has 0 saturated heterocycles. The Morgan fingerprint density at radius 2 is 1.76 bits per heavy atom. The molecule has 7 heteroatoms. The highest BCUT2D eigenvalue weighted by atomic mass is 16.5. The topological polar surface area (TPSA) is 76.6 Å². The minimum absolute atomic E-state index is 0.0527. The number of benzene rings is 2. The van der Waals surface area contributed by atoms with Gasteiger partial charge in [0, 0.05) is 37.2 Å². The van der Waals surface area contributed by atoms with Gasteiger partial charge in [0.2, 0.25) is 5.95 Å². The summed E-state index contributed by atoms with van der Waals surface area (Å²) in [4.78, 5) is 22.8. The highest BCUT2D eigenvalue weighted by molar-refractivity contribution is 5.95. The maximum absolute atomic E-state index is 12.8. The van der Waals surface area contributed by atoms with Crippen LogP contribution >= 0.6 is 0 Å². The number of ether oxygens (including phenoxy) is 2. The summed E-state index contributed by atoms with van der Waals surface area (Å²) in [6, 6.07) is 14.8. The van der Waals surface area contributed by atoms with Crippen LogP contribution in [0.5, 0.6) is 11.5 Å². The summed E-state index contributed by atoms with van der Waals surface area (Å²) < 4.78 is 10.6. The van der Waals surface area contributed by atoms with Crippen molar-refractivity contribution in [1.29, 1.82) is 0 Å². The lowest BCUT2D eigenvalue weighted by atomic mass is 10.1. The van der Waals surface area contributed by atoms with E-state index >= 15 is 0 Å². The van der Waals surface area contributed by atoms with Crippen LogP contribution in [-0.4, -0.2) is 48.6 Å². The summed E-state index contributed by atoms with van der Waals surface area (Å²) in [6.07, 6.45) is 4.02. The van der Waals surface area contributed by atoms with Gasteiger partial charge in [-0.05, 0) is 48.4 Å². The molecule has 1 N–H and O–H groups in total. The van der Waals surface area contributed by atoms with Gasteiger partial charge in [-0.15, -0.1) is 0 Å². The van der Waals surface area contributed by atoms with E-state index in [9.17, 15) is 4.79 Å². The van der Waals surface area contributed by atoms with Gasteiger partial charge in [0.05, 0.1) is 14.2 Å². The van der Waals surface area contributed by atoms with Crippen LogP contribution in [0.2, 0.25) is 0 Å². The molecule has 2 aromatic carbocycles. The van der Waals surface area contributed by atoms with Crippen molar-refractivity contribution in [3.8, 4) is 11.5 Å². The summed E-state index contributed by atoms with van der Waals surface area (Å²) in [7, 11) is 5.01. The summed E-state index contributed by atoms with van der Waals surface area (Å²) in [5.74, 6) is 1.80. The molecule has 1 heterocycles. The Labute approximate surface area is 170 Å². The molecule has 0 aliphatic carbocycles. The van der Waals surface area contributed by atoms with E-state index in [1.54, 1.807) is 56.8 Å². The Hall–Kier alpha value is -3.61. The lowest BCUT2D eigenvalue weighted by molar-refractivity contribution is 0.0796. The fraction of sp³-hybridized carbons (Fsp3) is 0.227. The average Bonchev–Trinajstić information content (AvgIpc) is 2.77. The third-order valence-electron chi connectivity index (χ3n) is 4.46. The molecule has 3 aromatic rings. The second-order valence-corrected chi connectivity index (χ2v) is 6.44. The van der Waals surface area contributed by atoms with Gasteiger partial charge in [-0.2, -0.15) is 0 Å². The molecule has 0 atom stereocenters. The van der Waals surface area contributed by atoms with Gasteiger partial charge < -0.3 is 19.7 Å². The summed E-state index contributed by atoms with van der Waals surface area (Å²) >= 11 is 0. The van der Waals surface area contributed by atoms with E-state index in [-0.39, 0.29) is 5.91 Å². The first-order valence-electron chi connectivity index (χ1n) is 9.21. The number of nitrogens with one attached hydrogen (secondary N) is 1. The van der Waals surface area contributed by atoms with Gasteiger partial charge in [-0.25, -0.2) is 9.97 Å². The highest BCUT2D eigenvalue weighted by Gasteiger charge is 2.13. The number of rotatable bonds is 8.